The molecule has 0 atom stereocenters. The molecule has 0 bridgehead atoms. The molecule has 1 aliphatic heterocycles. The highest BCUT2D eigenvalue weighted by Crippen LogP contribution is 2.27. The van der Waals surface area contributed by atoms with Crippen LogP contribution in [0.2, 0.25) is 0 Å². The minimum atomic E-state index is -0.241. The van der Waals surface area contributed by atoms with Crippen LogP contribution in [-0.4, -0.2) is 29.1 Å². The lowest BCUT2D eigenvalue weighted by Gasteiger charge is -2.34. The average molecular weight is 258 g/mol. The Kier molecular flexibility index (Phi) is 4.43. The lowest BCUT2D eigenvalue weighted by atomic mass is 9.87. The van der Waals surface area contributed by atoms with Gasteiger partial charge in [0.1, 0.15) is 0 Å². The second kappa shape index (κ2) is 5.85. The first-order chi connectivity index (χ1) is 8.18. The van der Waals surface area contributed by atoms with Gasteiger partial charge in [0, 0.05) is 24.9 Å². The van der Waals surface area contributed by atoms with Crippen LogP contribution < -0.4 is 0 Å². The molecule has 1 saturated heterocycles. The molecular formula is C13H20ClNO2. The highest BCUT2D eigenvalue weighted by atomic mass is 35.5. The molecule has 1 aliphatic carbocycles. The molecule has 1 heterocycles. The predicted octanol–water partition coefficient (Wildman–Crippen LogP) is 2.57. The van der Waals surface area contributed by atoms with Gasteiger partial charge in [-0.2, -0.15) is 0 Å². The number of hydrogen-bond donors (Lipinski definition) is 0. The molecular weight excluding hydrogens is 238 g/mol. The molecule has 0 aromatic rings. The Morgan fingerprint density at radius 3 is 2.00 bits per heavy atom. The maximum atomic E-state index is 12.2. The van der Waals surface area contributed by atoms with Gasteiger partial charge in [-0.3, -0.25) is 9.59 Å². The normalized spacial score (nSPS) is 23.7. The Morgan fingerprint density at radius 1 is 0.882 bits per heavy atom. The summed E-state index contributed by atoms with van der Waals surface area (Å²) >= 11 is 5.49. The van der Waals surface area contributed by atoms with E-state index in [2.05, 4.69) is 0 Å². The van der Waals surface area contributed by atoms with Crippen molar-refractivity contribution in [3.8, 4) is 0 Å². The molecule has 2 rings (SSSR count). The third kappa shape index (κ3) is 3.21. The highest BCUT2D eigenvalue weighted by molar-refractivity contribution is 6.63. The Hall–Kier alpha value is -0.570. The summed E-state index contributed by atoms with van der Waals surface area (Å²) in [4.78, 5) is 25.2. The van der Waals surface area contributed by atoms with Crippen molar-refractivity contribution in [2.75, 3.05) is 13.1 Å². The van der Waals surface area contributed by atoms with Crippen molar-refractivity contribution in [2.45, 2.75) is 44.9 Å². The van der Waals surface area contributed by atoms with Crippen LogP contribution in [0, 0.1) is 11.8 Å². The topological polar surface area (TPSA) is 37.4 Å². The van der Waals surface area contributed by atoms with E-state index in [0.717, 1.165) is 25.7 Å². The molecule has 96 valence electrons. The number of carbonyl (C=O) groups excluding carboxylic acids is 2. The lowest BCUT2D eigenvalue weighted by molar-refractivity contribution is -0.138. The highest BCUT2D eigenvalue weighted by Gasteiger charge is 2.30. The molecule has 1 saturated carbocycles. The molecule has 0 spiro atoms. The number of hydrogen-bond acceptors (Lipinski definition) is 2. The number of likely N-dealkylation sites (tertiary alicyclic amines) is 1. The number of amides is 1. The number of halogens is 1. The molecule has 0 radical (unpaired) electrons. The first kappa shape index (κ1) is 12.9. The van der Waals surface area contributed by atoms with Crippen LogP contribution in [0.4, 0.5) is 0 Å². The summed E-state index contributed by atoms with van der Waals surface area (Å²) in [6.07, 6.45) is 7.22. The number of carbonyl (C=O) groups is 2. The van der Waals surface area contributed by atoms with Gasteiger partial charge in [0.2, 0.25) is 11.1 Å². The number of piperidine rings is 1. The minimum absolute atomic E-state index is 0.0351. The van der Waals surface area contributed by atoms with E-state index in [9.17, 15) is 9.59 Å². The molecule has 0 N–H and O–H groups in total. The van der Waals surface area contributed by atoms with Crippen molar-refractivity contribution in [3.05, 3.63) is 0 Å². The Balaban J connectivity index is 1.83. The van der Waals surface area contributed by atoms with Gasteiger partial charge in [-0.1, -0.05) is 19.3 Å². The predicted molar refractivity (Wildman–Crippen MR) is 66.7 cm³/mol. The second-order valence-electron chi connectivity index (χ2n) is 5.24. The van der Waals surface area contributed by atoms with E-state index in [1.54, 1.807) is 0 Å². The van der Waals surface area contributed by atoms with Gasteiger partial charge < -0.3 is 4.90 Å². The molecule has 0 aromatic carbocycles. The van der Waals surface area contributed by atoms with Crippen LogP contribution in [0.25, 0.3) is 0 Å². The van der Waals surface area contributed by atoms with E-state index in [1.807, 2.05) is 4.90 Å². The number of rotatable bonds is 2. The van der Waals surface area contributed by atoms with Crippen molar-refractivity contribution in [1.82, 2.24) is 4.90 Å². The number of nitrogens with zero attached hydrogens (tertiary/aromatic N) is 1. The molecule has 17 heavy (non-hydrogen) atoms. The van der Waals surface area contributed by atoms with Crippen LogP contribution in [0.3, 0.4) is 0 Å². The van der Waals surface area contributed by atoms with Crippen molar-refractivity contribution in [3.63, 3.8) is 0 Å². The summed E-state index contributed by atoms with van der Waals surface area (Å²) in [5.74, 6) is 0.518. The molecule has 4 heteroatoms. The largest absolute Gasteiger partial charge is 0.342 e. The monoisotopic (exact) mass is 257 g/mol. The van der Waals surface area contributed by atoms with Crippen LogP contribution in [-0.2, 0) is 9.59 Å². The summed E-state index contributed by atoms with van der Waals surface area (Å²) in [7, 11) is 0. The molecule has 2 aliphatic rings. The smallest absolute Gasteiger partial charge is 0.225 e. The van der Waals surface area contributed by atoms with Crippen LogP contribution >= 0.6 is 11.6 Å². The fourth-order valence-corrected chi connectivity index (χ4v) is 3.15. The molecule has 1 amide bonds. The Labute approximate surface area is 107 Å². The zero-order valence-electron chi connectivity index (χ0n) is 10.2. The van der Waals surface area contributed by atoms with Gasteiger partial charge in [0.05, 0.1) is 0 Å². The third-order valence-corrected chi connectivity index (χ3v) is 4.39. The standard InChI is InChI=1S/C13H20ClNO2/c14-12(16)10-6-8-15(9-7-10)13(17)11-4-2-1-3-5-11/h10-11H,1-9H2. The van der Waals surface area contributed by atoms with Crippen LogP contribution in [0.15, 0.2) is 0 Å². The molecule has 3 nitrogen and oxygen atoms in total. The fraction of sp³-hybridized carbons (Fsp3) is 0.846. The SMILES string of the molecule is O=C(Cl)C1CCN(C(=O)C2CCCCC2)CC1. The van der Waals surface area contributed by atoms with Crippen molar-refractivity contribution in [2.24, 2.45) is 11.8 Å². The van der Waals surface area contributed by atoms with E-state index in [1.165, 1.54) is 19.3 Å². The maximum absolute atomic E-state index is 12.2. The lowest BCUT2D eigenvalue weighted by Crippen LogP contribution is -2.43. The average Bonchev–Trinajstić information content (AvgIpc) is 2.39. The van der Waals surface area contributed by atoms with E-state index in [-0.39, 0.29) is 17.1 Å². The van der Waals surface area contributed by atoms with Gasteiger partial charge in [0.25, 0.3) is 0 Å². The van der Waals surface area contributed by atoms with Crippen LogP contribution in [0.5, 0.6) is 0 Å². The first-order valence-corrected chi connectivity index (χ1v) is 7.04. The van der Waals surface area contributed by atoms with Crippen molar-refractivity contribution >= 4 is 22.8 Å². The Bertz CT molecular complexity index is 292. The fourth-order valence-electron chi connectivity index (χ4n) is 2.93. The molecule has 2 fully saturated rings. The summed E-state index contributed by atoms with van der Waals surface area (Å²) in [6, 6.07) is 0. The van der Waals surface area contributed by atoms with Gasteiger partial charge in [-0.15, -0.1) is 0 Å². The quantitative estimate of drug-likeness (QED) is 0.713. The summed E-state index contributed by atoms with van der Waals surface area (Å²) in [6.45, 7) is 1.41. The van der Waals surface area contributed by atoms with E-state index >= 15 is 0 Å². The minimum Gasteiger partial charge on any atom is -0.342 e. The summed E-state index contributed by atoms with van der Waals surface area (Å²) in [5, 5.41) is -0.241. The van der Waals surface area contributed by atoms with Gasteiger partial charge >= 0.3 is 0 Å². The third-order valence-electron chi connectivity index (χ3n) is 4.08. The summed E-state index contributed by atoms with van der Waals surface area (Å²) < 4.78 is 0. The van der Waals surface area contributed by atoms with Gasteiger partial charge in [-0.05, 0) is 37.3 Å². The first-order valence-electron chi connectivity index (χ1n) is 6.66. The van der Waals surface area contributed by atoms with Crippen LogP contribution in [0.1, 0.15) is 44.9 Å². The Morgan fingerprint density at radius 2 is 1.47 bits per heavy atom. The van der Waals surface area contributed by atoms with Gasteiger partial charge in [-0.25, -0.2) is 0 Å². The molecule has 0 unspecified atom stereocenters. The van der Waals surface area contributed by atoms with Crippen molar-refractivity contribution < 1.29 is 9.59 Å². The van der Waals surface area contributed by atoms with E-state index in [0.29, 0.717) is 19.0 Å². The van der Waals surface area contributed by atoms with Crippen molar-refractivity contribution in [1.29, 1.82) is 0 Å². The summed E-state index contributed by atoms with van der Waals surface area (Å²) in [5.41, 5.74) is 0. The zero-order chi connectivity index (χ0) is 12.3. The molecule has 0 aromatic heterocycles. The van der Waals surface area contributed by atoms with E-state index in [4.69, 9.17) is 11.6 Å². The van der Waals surface area contributed by atoms with E-state index < -0.39 is 0 Å². The second-order valence-corrected chi connectivity index (χ2v) is 5.61. The van der Waals surface area contributed by atoms with Gasteiger partial charge in [0.15, 0.2) is 0 Å². The maximum Gasteiger partial charge on any atom is 0.225 e. The zero-order valence-corrected chi connectivity index (χ0v) is 10.9.